The number of aliphatic hydroxyl groups excluding tert-OH is 2. The molecule has 2 unspecified atom stereocenters. The van der Waals surface area contributed by atoms with Gasteiger partial charge in [-0.2, -0.15) is 0 Å². The number of unbranched alkanes of at least 4 members (excludes halogenated alkanes) is 6. The first-order valence-corrected chi connectivity index (χ1v) is 11.3. The molecule has 0 saturated heterocycles. The standard InChI is InChI=1S/C26H40O4/c1-3-19-24(27)21-18-22-25(28)20-16-14-12-10-8-6-4-5-7-9-11-13-15-17-23-26(29)30-2/h4,6,10,12,24-25,27-28H,3,5,7-9,11,13-15,17,19,21,23H2,1-2H3/b6-4-,12-10-. The first-order valence-electron chi connectivity index (χ1n) is 11.3. The van der Waals surface area contributed by atoms with Gasteiger partial charge >= 0.3 is 5.97 Å². The lowest BCUT2D eigenvalue weighted by molar-refractivity contribution is -0.140. The number of carbonyl (C=O) groups excluding carboxylic acids is 1. The van der Waals surface area contributed by atoms with Gasteiger partial charge in [0.05, 0.1) is 13.2 Å². The van der Waals surface area contributed by atoms with Crippen molar-refractivity contribution in [3.63, 3.8) is 0 Å². The van der Waals surface area contributed by atoms with Crippen molar-refractivity contribution in [2.24, 2.45) is 0 Å². The fourth-order valence-corrected chi connectivity index (χ4v) is 2.77. The largest absolute Gasteiger partial charge is 0.469 e. The van der Waals surface area contributed by atoms with E-state index in [9.17, 15) is 15.0 Å². The monoisotopic (exact) mass is 416 g/mol. The summed E-state index contributed by atoms with van der Waals surface area (Å²) in [5.41, 5.74) is 0. The van der Waals surface area contributed by atoms with E-state index in [0.29, 0.717) is 19.3 Å². The summed E-state index contributed by atoms with van der Waals surface area (Å²) in [5, 5.41) is 19.2. The van der Waals surface area contributed by atoms with Gasteiger partial charge in [-0.1, -0.05) is 87.0 Å². The molecule has 0 aliphatic carbocycles. The van der Waals surface area contributed by atoms with Crippen LogP contribution >= 0.6 is 0 Å². The van der Waals surface area contributed by atoms with Crippen LogP contribution < -0.4 is 0 Å². The summed E-state index contributed by atoms with van der Waals surface area (Å²) in [5.74, 6) is 10.9. The lowest BCUT2D eigenvalue weighted by Crippen LogP contribution is -2.04. The van der Waals surface area contributed by atoms with Crippen LogP contribution in [0.1, 0.15) is 90.4 Å². The molecular weight excluding hydrogens is 376 g/mol. The number of allylic oxidation sites excluding steroid dienone is 4. The van der Waals surface area contributed by atoms with Crippen LogP contribution in [0.3, 0.4) is 0 Å². The zero-order valence-electron chi connectivity index (χ0n) is 18.9. The smallest absolute Gasteiger partial charge is 0.305 e. The van der Waals surface area contributed by atoms with Crippen molar-refractivity contribution in [3.8, 4) is 23.7 Å². The zero-order valence-corrected chi connectivity index (χ0v) is 18.9. The predicted octanol–water partition coefficient (Wildman–Crippen LogP) is 5.09. The van der Waals surface area contributed by atoms with Crippen molar-refractivity contribution in [2.75, 3.05) is 7.11 Å². The molecule has 0 aromatic rings. The Balaban J connectivity index is 3.60. The molecule has 30 heavy (non-hydrogen) atoms. The third-order valence-corrected chi connectivity index (χ3v) is 4.49. The normalized spacial score (nSPS) is 12.8. The molecule has 0 fully saturated rings. The molecule has 0 rings (SSSR count). The van der Waals surface area contributed by atoms with Crippen LogP contribution in [0.15, 0.2) is 24.3 Å². The van der Waals surface area contributed by atoms with Crippen molar-refractivity contribution >= 4 is 5.97 Å². The Morgan fingerprint density at radius 2 is 1.60 bits per heavy atom. The summed E-state index contributed by atoms with van der Waals surface area (Å²) in [6.45, 7) is 2.02. The van der Waals surface area contributed by atoms with Gasteiger partial charge in [0, 0.05) is 19.3 Å². The molecule has 0 spiro atoms. The van der Waals surface area contributed by atoms with Crippen molar-refractivity contribution in [1.29, 1.82) is 0 Å². The molecule has 0 heterocycles. The van der Waals surface area contributed by atoms with Crippen LogP contribution in [0, 0.1) is 23.7 Å². The van der Waals surface area contributed by atoms with Gasteiger partial charge in [0.2, 0.25) is 0 Å². The third kappa shape index (κ3) is 20.7. The van der Waals surface area contributed by atoms with Gasteiger partial charge in [-0.3, -0.25) is 4.79 Å². The number of aliphatic hydroxyl groups is 2. The summed E-state index contributed by atoms with van der Waals surface area (Å²) in [4.78, 5) is 11.0. The molecule has 0 aromatic carbocycles. The first kappa shape index (κ1) is 28.0. The Kier molecular flexibility index (Phi) is 20.2. The molecule has 0 radical (unpaired) electrons. The Bertz CT molecular complexity index is 598. The summed E-state index contributed by atoms with van der Waals surface area (Å²) in [6.07, 6.45) is 19.2. The van der Waals surface area contributed by atoms with Crippen LogP contribution in [0.25, 0.3) is 0 Å². The van der Waals surface area contributed by atoms with Crippen LogP contribution in [-0.4, -0.2) is 35.5 Å². The fourth-order valence-electron chi connectivity index (χ4n) is 2.77. The van der Waals surface area contributed by atoms with Crippen molar-refractivity contribution in [3.05, 3.63) is 24.3 Å². The van der Waals surface area contributed by atoms with Crippen LogP contribution in [0.2, 0.25) is 0 Å². The van der Waals surface area contributed by atoms with Gasteiger partial charge in [0.25, 0.3) is 0 Å². The van der Waals surface area contributed by atoms with Crippen LogP contribution in [0.4, 0.5) is 0 Å². The Morgan fingerprint density at radius 1 is 0.933 bits per heavy atom. The number of rotatable bonds is 15. The van der Waals surface area contributed by atoms with E-state index in [1.807, 2.05) is 13.0 Å². The topological polar surface area (TPSA) is 66.8 Å². The lowest BCUT2D eigenvalue weighted by Gasteiger charge is -2.02. The third-order valence-electron chi connectivity index (χ3n) is 4.49. The highest BCUT2D eigenvalue weighted by atomic mass is 16.5. The summed E-state index contributed by atoms with van der Waals surface area (Å²) in [6, 6.07) is 0. The average Bonchev–Trinajstić information content (AvgIpc) is 2.73. The van der Waals surface area contributed by atoms with Crippen molar-refractivity contribution < 1.29 is 19.7 Å². The molecule has 2 atom stereocenters. The molecule has 0 saturated carbocycles. The number of carbonyl (C=O) groups is 1. The minimum Gasteiger partial charge on any atom is -0.469 e. The van der Waals surface area contributed by atoms with Gasteiger partial charge in [-0.05, 0) is 32.1 Å². The molecule has 0 aliphatic heterocycles. The van der Waals surface area contributed by atoms with E-state index in [1.165, 1.54) is 32.8 Å². The van der Waals surface area contributed by atoms with E-state index in [4.69, 9.17) is 0 Å². The molecule has 0 aromatic heterocycles. The number of hydrogen-bond donors (Lipinski definition) is 2. The average molecular weight is 417 g/mol. The van der Waals surface area contributed by atoms with E-state index >= 15 is 0 Å². The second kappa shape index (κ2) is 21.7. The van der Waals surface area contributed by atoms with Crippen LogP contribution in [-0.2, 0) is 9.53 Å². The molecule has 2 N–H and O–H groups in total. The maximum absolute atomic E-state index is 11.0. The Labute approximate surface area is 183 Å². The molecule has 0 amide bonds. The highest BCUT2D eigenvalue weighted by Crippen LogP contribution is 2.09. The highest BCUT2D eigenvalue weighted by Gasteiger charge is 1.99. The Hall–Kier alpha value is -2.01. The van der Waals surface area contributed by atoms with Crippen molar-refractivity contribution in [2.45, 2.75) is 103 Å². The van der Waals surface area contributed by atoms with E-state index in [-0.39, 0.29) is 5.97 Å². The SMILES string of the molecule is CCCC(O)CC#CC(O)C#CC/C=C\C/C=C\CCCCCCCCC(=O)OC. The number of esters is 1. The maximum Gasteiger partial charge on any atom is 0.305 e. The Morgan fingerprint density at radius 3 is 2.33 bits per heavy atom. The molecule has 4 heteroatoms. The minimum atomic E-state index is -0.944. The van der Waals surface area contributed by atoms with E-state index in [2.05, 4.69) is 46.6 Å². The van der Waals surface area contributed by atoms with Gasteiger partial charge in [-0.25, -0.2) is 0 Å². The number of methoxy groups -OCH3 is 1. The second-order valence-electron chi connectivity index (χ2n) is 7.31. The van der Waals surface area contributed by atoms with Crippen molar-refractivity contribution in [1.82, 2.24) is 0 Å². The van der Waals surface area contributed by atoms with Crippen LogP contribution in [0.5, 0.6) is 0 Å². The summed E-state index contributed by atoms with van der Waals surface area (Å²) in [7, 11) is 1.44. The molecule has 0 bridgehead atoms. The van der Waals surface area contributed by atoms with Gasteiger partial charge in [0.15, 0.2) is 6.10 Å². The minimum absolute atomic E-state index is 0.108. The number of hydrogen-bond acceptors (Lipinski definition) is 4. The highest BCUT2D eigenvalue weighted by molar-refractivity contribution is 5.68. The molecule has 168 valence electrons. The lowest BCUT2D eigenvalue weighted by atomic mass is 10.1. The molecular formula is C26H40O4. The van der Waals surface area contributed by atoms with E-state index in [1.54, 1.807) is 0 Å². The molecule has 0 aliphatic rings. The quantitative estimate of drug-likeness (QED) is 0.169. The van der Waals surface area contributed by atoms with Gasteiger partial charge < -0.3 is 14.9 Å². The summed E-state index contributed by atoms with van der Waals surface area (Å²) >= 11 is 0. The summed E-state index contributed by atoms with van der Waals surface area (Å²) < 4.78 is 4.62. The first-order chi connectivity index (χ1) is 14.6. The van der Waals surface area contributed by atoms with Gasteiger partial charge in [0.1, 0.15) is 0 Å². The molecule has 4 nitrogen and oxygen atoms in total. The second-order valence-corrected chi connectivity index (χ2v) is 7.31. The van der Waals surface area contributed by atoms with Gasteiger partial charge in [-0.15, -0.1) is 0 Å². The maximum atomic E-state index is 11.0. The van der Waals surface area contributed by atoms with E-state index in [0.717, 1.165) is 38.5 Å². The fraction of sp³-hybridized carbons (Fsp3) is 0.654. The predicted molar refractivity (Wildman–Crippen MR) is 124 cm³/mol. The number of ether oxygens (including phenoxy) is 1. The zero-order chi connectivity index (χ0) is 22.3. The van der Waals surface area contributed by atoms with E-state index < -0.39 is 12.2 Å².